The van der Waals surface area contributed by atoms with Gasteiger partial charge >= 0.3 is 0 Å². The first-order chi connectivity index (χ1) is 19.0. The van der Waals surface area contributed by atoms with E-state index < -0.39 is 0 Å². The highest BCUT2D eigenvalue weighted by atomic mass is 32.1. The summed E-state index contributed by atoms with van der Waals surface area (Å²) in [6.45, 7) is 2.07. The van der Waals surface area contributed by atoms with E-state index in [0.29, 0.717) is 51.5 Å². The molecule has 0 spiro atoms. The Morgan fingerprint density at radius 2 is 1.92 bits per heavy atom. The number of rotatable bonds is 7. The van der Waals surface area contributed by atoms with Gasteiger partial charge in [-0.1, -0.05) is 18.2 Å². The van der Waals surface area contributed by atoms with Gasteiger partial charge < -0.3 is 18.3 Å². The quantitative estimate of drug-likeness (QED) is 0.280. The van der Waals surface area contributed by atoms with Gasteiger partial charge in [0.25, 0.3) is 11.8 Å². The van der Waals surface area contributed by atoms with Crippen LogP contribution >= 0.6 is 11.3 Å². The summed E-state index contributed by atoms with van der Waals surface area (Å²) in [6, 6.07) is 18.2. The second kappa shape index (κ2) is 10.0. The van der Waals surface area contributed by atoms with Crippen LogP contribution in [0.3, 0.4) is 0 Å². The molecule has 0 saturated carbocycles. The minimum Gasteiger partial charge on any atom is -0.447 e. The molecule has 0 radical (unpaired) electrons. The van der Waals surface area contributed by atoms with Crippen molar-refractivity contribution in [3.8, 4) is 10.6 Å². The Hall–Kier alpha value is -5.03. The van der Waals surface area contributed by atoms with Gasteiger partial charge in [-0.15, -0.1) is 11.3 Å². The number of anilines is 2. The molecular weight excluding hydrogens is 516 g/mol. The van der Waals surface area contributed by atoms with Gasteiger partial charge in [0.1, 0.15) is 5.76 Å². The number of thiophene rings is 1. The van der Waals surface area contributed by atoms with Gasteiger partial charge in [0.05, 0.1) is 39.7 Å². The van der Waals surface area contributed by atoms with Gasteiger partial charge in [0.2, 0.25) is 5.95 Å². The number of oxazole rings is 2. The monoisotopic (exact) mass is 538 g/mol. The Labute approximate surface area is 226 Å². The van der Waals surface area contributed by atoms with Crippen LogP contribution in [0.1, 0.15) is 31.7 Å². The summed E-state index contributed by atoms with van der Waals surface area (Å²) in [5.74, 6) is 1.65. The number of carbonyl (C=O) groups is 2. The number of imidazole rings is 1. The number of amides is 2. The average Bonchev–Trinajstić information content (AvgIpc) is 3.76. The van der Waals surface area contributed by atoms with Crippen molar-refractivity contribution >= 4 is 45.8 Å². The summed E-state index contributed by atoms with van der Waals surface area (Å²) < 4.78 is 12.9. The second-order valence-electron chi connectivity index (χ2n) is 8.75. The lowest BCUT2D eigenvalue weighted by molar-refractivity contribution is 0.0991. The Balaban J connectivity index is 1.32. The fourth-order valence-corrected chi connectivity index (χ4v) is 5.03. The van der Waals surface area contributed by atoms with Gasteiger partial charge in [-0.3, -0.25) is 14.9 Å². The van der Waals surface area contributed by atoms with Crippen molar-refractivity contribution in [1.82, 2.24) is 19.5 Å². The highest BCUT2D eigenvalue weighted by Crippen LogP contribution is 2.30. The Kier molecular flexibility index (Phi) is 6.25. The first-order valence-electron chi connectivity index (χ1n) is 12.0. The van der Waals surface area contributed by atoms with E-state index >= 15 is 0 Å². The Bertz CT molecular complexity index is 1790. The zero-order valence-corrected chi connectivity index (χ0v) is 21.8. The molecule has 194 valence electrons. The van der Waals surface area contributed by atoms with E-state index in [1.54, 1.807) is 49.5 Å². The third-order valence-electron chi connectivity index (χ3n) is 6.16. The SMILES string of the molecule is Cc1ncc(-c2ccc(C(=O)Nc3nc4cc(N(C)C(=O)c5ccccc5)ccc4n3Cc3cnco3)s2)o1. The van der Waals surface area contributed by atoms with Crippen molar-refractivity contribution in [3.05, 3.63) is 102 Å². The highest BCUT2D eigenvalue weighted by Gasteiger charge is 2.20. The van der Waals surface area contributed by atoms with Crippen LogP contribution in [0.15, 0.2) is 88.3 Å². The molecule has 2 amide bonds. The molecule has 4 aromatic heterocycles. The van der Waals surface area contributed by atoms with Gasteiger partial charge in [0, 0.05) is 25.2 Å². The summed E-state index contributed by atoms with van der Waals surface area (Å²) in [4.78, 5) is 41.9. The standard InChI is InChI=1S/C28H22N6O4S/c1-17-30-14-23(38-17)24-10-11-25(39-24)26(35)32-28-31-21-12-19(33(2)27(36)18-6-4-3-5-7-18)8-9-22(21)34(28)15-20-13-29-16-37-20/h3-14,16H,15H2,1-2H3,(H,31,32,35). The predicted octanol–water partition coefficient (Wildman–Crippen LogP) is 5.63. The molecule has 0 fully saturated rings. The molecule has 6 rings (SSSR count). The molecule has 4 heterocycles. The maximum absolute atomic E-state index is 13.2. The molecule has 0 aliphatic rings. The summed E-state index contributed by atoms with van der Waals surface area (Å²) in [7, 11) is 1.72. The van der Waals surface area contributed by atoms with Gasteiger partial charge in [-0.25, -0.2) is 15.0 Å². The van der Waals surface area contributed by atoms with Crippen molar-refractivity contribution in [2.75, 3.05) is 17.3 Å². The lowest BCUT2D eigenvalue weighted by atomic mass is 10.2. The summed E-state index contributed by atoms with van der Waals surface area (Å²) in [5, 5.41) is 2.93. The summed E-state index contributed by atoms with van der Waals surface area (Å²) >= 11 is 1.30. The van der Waals surface area contributed by atoms with Gasteiger partial charge in [-0.05, 0) is 42.5 Å². The van der Waals surface area contributed by atoms with Crippen LogP contribution < -0.4 is 10.2 Å². The molecule has 10 nitrogen and oxygen atoms in total. The third-order valence-corrected chi connectivity index (χ3v) is 7.26. The molecule has 1 N–H and O–H groups in total. The molecule has 0 aliphatic carbocycles. The molecule has 6 aromatic rings. The number of hydrogen-bond acceptors (Lipinski definition) is 8. The number of hydrogen-bond donors (Lipinski definition) is 1. The van der Waals surface area contributed by atoms with Crippen LogP contribution in [0, 0.1) is 6.92 Å². The van der Waals surface area contributed by atoms with Crippen LogP contribution in [0.2, 0.25) is 0 Å². The van der Waals surface area contributed by atoms with Crippen LogP contribution in [0.25, 0.3) is 21.7 Å². The molecule has 0 aliphatic heterocycles. The van der Waals surface area contributed by atoms with Crippen LogP contribution in [-0.4, -0.2) is 38.4 Å². The number of nitrogens with zero attached hydrogens (tertiary/aromatic N) is 5. The summed E-state index contributed by atoms with van der Waals surface area (Å²) in [6.07, 6.45) is 4.60. The smallest absolute Gasteiger partial charge is 0.268 e. The van der Waals surface area contributed by atoms with Crippen LogP contribution in [0.5, 0.6) is 0 Å². The van der Waals surface area contributed by atoms with Crippen molar-refractivity contribution in [1.29, 1.82) is 0 Å². The molecule has 0 unspecified atom stereocenters. The first-order valence-corrected chi connectivity index (χ1v) is 12.8. The van der Waals surface area contributed by atoms with E-state index in [-0.39, 0.29) is 11.8 Å². The topological polar surface area (TPSA) is 119 Å². The lowest BCUT2D eigenvalue weighted by Crippen LogP contribution is -2.26. The van der Waals surface area contributed by atoms with Crippen molar-refractivity contribution < 1.29 is 18.4 Å². The lowest BCUT2D eigenvalue weighted by Gasteiger charge is -2.17. The fourth-order valence-electron chi connectivity index (χ4n) is 4.18. The number of benzene rings is 2. The van der Waals surface area contributed by atoms with Gasteiger partial charge in [0.15, 0.2) is 18.0 Å². The molecule has 2 aromatic carbocycles. The molecule has 0 saturated heterocycles. The second-order valence-corrected chi connectivity index (χ2v) is 9.84. The third kappa shape index (κ3) is 4.82. The first kappa shape index (κ1) is 24.3. The van der Waals surface area contributed by atoms with Gasteiger partial charge in [-0.2, -0.15) is 0 Å². The minimum absolute atomic E-state index is 0.139. The van der Waals surface area contributed by atoms with Crippen molar-refractivity contribution in [2.24, 2.45) is 0 Å². The predicted molar refractivity (Wildman–Crippen MR) is 147 cm³/mol. The van der Waals surface area contributed by atoms with E-state index in [1.165, 1.54) is 17.7 Å². The molecular formula is C28H22N6O4S. The maximum atomic E-state index is 13.2. The minimum atomic E-state index is -0.312. The maximum Gasteiger partial charge on any atom is 0.268 e. The molecule has 11 heteroatoms. The Morgan fingerprint density at radius 1 is 1.08 bits per heavy atom. The normalized spacial score (nSPS) is 11.1. The van der Waals surface area contributed by atoms with Crippen molar-refractivity contribution in [2.45, 2.75) is 13.5 Å². The molecule has 0 atom stereocenters. The highest BCUT2D eigenvalue weighted by molar-refractivity contribution is 7.17. The van der Waals surface area contributed by atoms with E-state index in [9.17, 15) is 9.59 Å². The number of nitrogens with one attached hydrogen (secondary N) is 1. The zero-order valence-electron chi connectivity index (χ0n) is 21.0. The number of carbonyl (C=O) groups excluding carboxylic acids is 2. The van der Waals surface area contributed by atoms with E-state index in [1.807, 2.05) is 47.0 Å². The van der Waals surface area contributed by atoms with Crippen molar-refractivity contribution in [3.63, 3.8) is 0 Å². The summed E-state index contributed by atoms with van der Waals surface area (Å²) in [5.41, 5.74) is 2.62. The van der Waals surface area contributed by atoms with E-state index in [4.69, 9.17) is 13.8 Å². The van der Waals surface area contributed by atoms with E-state index in [0.717, 1.165) is 10.4 Å². The number of aromatic nitrogens is 4. The molecule has 0 bridgehead atoms. The Morgan fingerprint density at radius 3 is 2.67 bits per heavy atom. The average molecular weight is 539 g/mol. The number of fused-ring (bicyclic) bond motifs is 1. The largest absolute Gasteiger partial charge is 0.447 e. The van der Waals surface area contributed by atoms with Crippen LogP contribution in [-0.2, 0) is 6.54 Å². The fraction of sp³-hybridized carbons (Fsp3) is 0.107. The van der Waals surface area contributed by atoms with E-state index in [2.05, 4.69) is 15.3 Å². The van der Waals surface area contributed by atoms with Crippen LogP contribution in [0.4, 0.5) is 11.6 Å². The molecule has 39 heavy (non-hydrogen) atoms. The number of aryl methyl sites for hydroxylation is 1. The zero-order chi connectivity index (χ0) is 26.9.